The van der Waals surface area contributed by atoms with Gasteiger partial charge in [0.05, 0.1) is 11.5 Å². The van der Waals surface area contributed by atoms with Gasteiger partial charge in [0.15, 0.2) is 5.11 Å². The van der Waals surface area contributed by atoms with Gasteiger partial charge in [0.2, 0.25) is 0 Å². The van der Waals surface area contributed by atoms with E-state index < -0.39 is 11.0 Å². The molecule has 0 atom stereocenters. The van der Waals surface area contributed by atoms with E-state index in [1.165, 1.54) is 18.2 Å². The van der Waals surface area contributed by atoms with Crippen LogP contribution in [0.5, 0.6) is 0 Å². The van der Waals surface area contributed by atoms with E-state index in [1.54, 1.807) is 13.0 Å². The molecule has 1 aromatic rings. The van der Waals surface area contributed by atoms with Crippen LogP contribution in [0, 0.1) is 10.1 Å². The van der Waals surface area contributed by atoms with Crippen LogP contribution in [-0.2, 0) is 4.74 Å². The van der Waals surface area contributed by atoms with Gasteiger partial charge in [-0.1, -0.05) is 12.1 Å². The second-order valence-electron chi connectivity index (χ2n) is 3.07. The molecule has 0 saturated carbocycles. The summed E-state index contributed by atoms with van der Waals surface area (Å²) < 4.78 is 4.62. The van der Waals surface area contributed by atoms with Gasteiger partial charge in [0.1, 0.15) is 5.69 Å². The molecule has 0 fully saturated rings. The lowest BCUT2D eigenvalue weighted by molar-refractivity contribution is -0.383. The number of ether oxygens (including phenoxy) is 1. The summed E-state index contributed by atoms with van der Waals surface area (Å²) in [6.07, 6.45) is -0.714. The fourth-order valence-electron chi connectivity index (χ4n) is 1.15. The van der Waals surface area contributed by atoms with Gasteiger partial charge in [-0.3, -0.25) is 15.4 Å². The molecule has 1 rings (SSSR count). The lowest BCUT2D eigenvalue weighted by Crippen LogP contribution is -2.34. The van der Waals surface area contributed by atoms with Crippen molar-refractivity contribution in [1.82, 2.24) is 5.32 Å². The van der Waals surface area contributed by atoms with E-state index in [-0.39, 0.29) is 23.1 Å². The van der Waals surface area contributed by atoms with E-state index in [2.05, 4.69) is 15.4 Å². The first-order chi connectivity index (χ1) is 8.54. The fraction of sp³-hybridized carbons (Fsp3) is 0.200. The van der Waals surface area contributed by atoms with Crippen LogP contribution in [0.3, 0.4) is 0 Å². The average molecular weight is 269 g/mol. The van der Waals surface area contributed by atoms with Crippen molar-refractivity contribution in [3.8, 4) is 0 Å². The fourth-order valence-corrected chi connectivity index (χ4v) is 1.35. The van der Waals surface area contributed by atoms with Crippen molar-refractivity contribution in [3.63, 3.8) is 0 Å². The number of amides is 1. The highest BCUT2D eigenvalue weighted by Gasteiger charge is 2.14. The summed E-state index contributed by atoms with van der Waals surface area (Å²) in [6, 6.07) is 5.96. The highest BCUT2D eigenvalue weighted by atomic mass is 32.1. The summed E-state index contributed by atoms with van der Waals surface area (Å²) in [5.41, 5.74) is 0.0646. The predicted molar refractivity (Wildman–Crippen MR) is 69.5 cm³/mol. The van der Waals surface area contributed by atoms with Gasteiger partial charge >= 0.3 is 6.09 Å². The maximum Gasteiger partial charge on any atom is 0.413 e. The molecule has 0 aliphatic heterocycles. The first-order valence-electron chi connectivity index (χ1n) is 5.02. The van der Waals surface area contributed by atoms with E-state index in [9.17, 15) is 14.9 Å². The maximum absolute atomic E-state index is 11.1. The van der Waals surface area contributed by atoms with Crippen LogP contribution in [0.4, 0.5) is 16.2 Å². The number of anilines is 1. The Hall–Kier alpha value is -2.22. The molecule has 2 N–H and O–H groups in total. The number of carbonyl (C=O) groups excluding carboxylic acids is 1. The van der Waals surface area contributed by atoms with Crippen molar-refractivity contribution in [1.29, 1.82) is 0 Å². The molecule has 18 heavy (non-hydrogen) atoms. The largest absolute Gasteiger partial charge is 0.450 e. The number of para-hydroxylation sites is 2. The Morgan fingerprint density at radius 1 is 1.50 bits per heavy atom. The molecule has 0 aliphatic rings. The highest BCUT2D eigenvalue weighted by molar-refractivity contribution is 7.80. The highest BCUT2D eigenvalue weighted by Crippen LogP contribution is 2.22. The zero-order valence-corrected chi connectivity index (χ0v) is 10.3. The molecular formula is C10H11N3O4S. The van der Waals surface area contributed by atoms with E-state index in [0.717, 1.165) is 0 Å². The van der Waals surface area contributed by atoms with E-state index in [4.69, 9.17) is 12.2 Å². The normalized spacial score (nSPS) is 9.39. The van der Waals surface area contributed by atoms with Gasteiger partial charge in [-0.25, -0.2) is 4.79 Å². The Morgan fingerprint density at radius 2 is 2.17 bits per heavy atom. The van der Waals surface area contributed by atoms with Crippen LogP contribution < -0.4 is 10.6 Å². The van der Waals surface area contributed by atoms with Crippen LogP contribution in [0.25, 0.3) is 0 Å². The molecule has 0 bridgehead atoms. The van der Waals surface area contributed by atoms with Crippen molar-refractivity contribution in [3.05, 3.63) is 34.4 Å². The molecule has 0 heterocycles. The number of nitrogens with zero attached hydrogens (tertiary/aromatic N) is 1. The van der Waals surface area contributed by atoms with Crippen molar-refractivity contribution >= 4 is 34.8 Å². The number of hydrogen-bond donors (Lipinski definition) is 2. The molecule has 0 aromatic heterocycles. The van der Waals surface area contributed by atoms with Crippen LogP contribution in [0.2, 0.25) is 0 Å². The van der Waals surface area contributed by atoms with Crippen molar-refractivity contribution in [2.45, 2.75) is 6.92 Å². The van der Waals surface area contributed by atoms with Gasteiger partial charge in [-0.05, 0) is 25.2 Å². The quantitative estimate of drug-likeness (QED) is 0.495. The number of hydrogen-bond acceptors (Lipinski definition) is 5. The SMILES string of the molecule is CCOC(=O)NC(=S)Nc1ccccc1[N+](=O)[O-]. The minimum Gasteiger partial charge on any atom is -0.450 e. The Kier molecular flexibility index (Phi) is 5.00. The number of benzene rings is 1. The Bertz CT molecular complexity index is 478. The summed E-state index contributed by atoms with van der Waals surface area (Å²) in [4.78, 5) is 21.3. The summed E-state index contributed by atoms with van der Waals surface area (Å²) in [5, 5.41) is 15.5. The molecule has 0 aliphatic carbocycles. The van der Waals surface area contributed by atoms with Crippen molar-refractivity contribution in [2.75, 3.05) is 11.9 Å². The molecule has 7 nitrogen and oxygen atoms in total. The number of nitrogens with one attached hydrogen (secondary N) is 2. The number of carbonyl (C=O) groups is 1. The smallest absolute Gasteiger partial charge is 0.413 e. The van der Waals surface area contributed by atoms with Crippen molar-refractivity contribution in [2.24, 2.45) is 0 Å². The molecule has 8 heteroatoms. The zero-order chi connectivity index (χ0) is 13.5. The first kappa shape index (κ1) is 13.8. The number of nitro benzene ring substituents is 1. The van der Waals surface area contributed by atoms with Crippen molar-refractivity contribution < 1.29 is 14.5 Å². The second kappa shape index (κ2) is 6.50. The summed E-state index contributed by atoms with van der Waals surface area (Å²) in [5.74, 6) is 0. The monoisotopic (exact) mass is 269 g/mol. The third-order valence-corrected chi connectivity index (χ3v) is 2.04. The lowest BCUT2D eigenvalue weighted by Gasteiger charge is -2.09. The molecule has 0 radical (unpaired) electrons. The second-order valence-corrected chi connectivity index (χ2v) is 3.48. The van der Waals surface area contributed by atoms with E-state index >= 15 is 0 Å². The summed E-state index contributed by atoms with van der Waals surface area (Å²) in [6.45, 7) is 1.86. The summed E-state index contributed by atoms with van der Waals surface area (Å²) >= 11 is 4.83. The third-order valence-electron chi connectivity index (χ3n) is 1.84. The number of nitro groups is 1. The van der Waals surface area contributed by atoms with Crippen LogP contribution >= 0.6 is 12.2 Å². The van der Waals surface area contributed by atoms with E-state index in [0.29, 0.717) is 0 Å². The first-order valence-corrected chi connectivity index (χ1v) is 5.43. The zero-order valence-electron chi connectivity index (χ0n) is 9.50. The minimum atomic E-state index is -0.714. The molecule has 1 aromatic carbocycles. The average Bonchev–Trinajstić information content (AvgIpc) is 2.29. The Balaban J connectivity index is 2.70. The molecule has 0 saturated heterocycles. The van der Waals surface area contributed by atoms with Gasteiger partial charge in [-0.2, -0.15) is 0 Å². The Morgan fingerprint density at radius 3 is 2.78 bits per heavy atom. The minimum absolute atomic E-state index is 0.0669. The van der Waals surface area contributed by atoms with Crippen LogP contribution in [0.15, 0.2) is 24.3 Å². The molecular weight excluding hydrogens is 258 g/mol. The maximum atomic E-state index is 11.1. The van der Waals surface area contributed by atoms with Gasteiger partial charge in [-0.15, -0.1) is 0 Å². The topological polar surface area (TPSA) is 93.5 Å². The molecule has 0 spiro atoms. The Labute approximate surface area is 108 Å². The van der Waals surface area contributed by atoms with Crippen LogP contribution in [-0.4, -0.2) is 22.7 Å². The summed E-state index contributed by atoms with van der Waals surface area (Å²) in [7, 11) is 0. The molecule has 0 unspecified atom stereocenters. The van der Waals surface area contributed by atoms with Gasteiger partial charge < -0.3 is 10.1 Å². The molecule has 1 amide bonds. The standard InChI is InChI=1S/C10H11N3O4S/c1-2-17-10(14)12-9(18)11-7-5-3-4-6-8(7)13(15)16/h3-6H,2H2,1H3,(H2,11,12,14,18). The van der Waals surface area contributed by atoms with Gasteiger partial charge in [0.25, 0.3) is 5.69 Å². The number of thiocarbonyl (C=S) groups is 1. The predicted octanol–water partition coefficient (Wildman–Crippen LogP) is 2.04. The van der Waals surface area contributed by atoms with E-state index in [1.807, 2.05) is 0 Å². The van der Waals surface area contributed by atoms with Crippen LogP contribution in [0.1, 0.15) is 6.92 Å². The third kappa shape index (κ3) is 3.98. The van der Waals surface area contributed by atoms with Gasteiger partial charge in [0, 0.05) is 6.07 Å². The number of rotatable bonds is 3. The molecule has 96 valence electrons. The lowest BCUT2D eigenvalue weighted by atomic mass is 10.3. The number of alkyl carbamates (subject to hydrolysis) is 1.